The van der Waals surface area contributed by atoms with Gasteiger partial charge in [-0.25, -0.2) is 9.78 Å². The standard InChI is InChI=1S/C20H24N4O3S/c1-11-8-12(2)16-14(9-11)28-18(22-16)21-15(25)10-24-17(26)20(23-19(24)27)7-5-4-6-13(20)3/h8-9,13H,4-7,10H2,1-3H3,(H,23,27)(H,21,22,25). The van der Waals surface area contributed by atoms with Gasteiger partial charge in [0.25, 0.3) is 5.91 Å². The van der Waals surface area contributed by atoms with Crippen LogP contribution in [0.2, 0.25) is 0 Å². The van der Waals surface area contributed by atoms with E-state index in [0.29, 0.717) is 11.6 Å². The number of carbonyl (C=O) groups excluding carboxylic acids is 3. The highest BCUT2D eigenvalue weighted by atomic mass is 32.1. The van der Waals surface area contributed by atoms with Crippen molar-refractivity contribution in [2.45, 2.75) is 52.0 Å². The zero-order valence-corrected chi connectivity index (χ0v) is 17.1. The number of aryl methyl sites for hydroxylation is 2. The lowest BCUT2D eigenvalue weighted by Gasteiger charge is -2.36. The number of anilines is 1. The van der Waals surface area contributed by atoms with Crippen LogP contribution in [0.3, 0.4) is 0 Å². The summed E-state index contributed by atoms with van der Waals surface area (Å²) in [6.07, 6.45) is 3.49. The monoisotopic (exact) mass is 400 g/mol. The van der Waals surface area contributed by atoms with Crippen molar-refractivity contribution >= 4 is 44.5 Å². The topological polar surface area (TPSA) is 91.4 Å². The van der Waals surface area contributed by atoms with Crippen molar-refractivity contribution in [2.24, 2.45) is 5.92 Å². The number of benzene rings is 1. The van der Waals surface area contributed by atoms with E-state index < -0.39 is 17.5 Å². The molecule has 4 rings (SSSR count). The van der Waals surface area contributed by atoms with Gasteiger partial charge < -0.3 is 10.6 Å². The maximum absolute atomic E-state index is 13.0. The fourth-order valence-electron chi connectivity index (χ4n) is 4.37. The molecule has 0 bridgehead atoms. The Morgan fingerprint density at radius 1 is 1.36 bits per heavy atom. The third-order valence-electron chi connectivity index (χ3n) is 5.88. The van der Waals surface area contributed by atoms with Crippen LogP contribution < -0.4 is 10.6 Å². The number of imide groups is 1. The number of nitrogens with one attached hydrogen (secondary N) is 2. The molecule has 1 aliphatic heterocycles. The first kappa shape index (κ1) is 18.9. The normalized spacial score (nSPS) is 24.8. The Labute approximate surface area is 167 Å². The Balaban J connectivity index is 1.49. The van der Waals surface area contributed by atoms with Crippen molar-refractivity contribution in [1.82, 2.24) is 15.2 Å². The molecule has 1 aromatic heterocycles. The quantitative estimate of drug-likeness (QED) is 0.773. The first-order chi connectivity index (χ1) is 13.3. The molecule has 2 aromatic rings. The Hall–Kier alpha value is -2.48. The summed E-state index contributed by atoms with van der Waals surface area (Å²) in [5, 5.41) is 6.08. The van der Waals surface area contributed by atoms with Crippen LogP contribution >= 0.6 is 11.3 Å². The molecule has 28 heavy (non-hydrogen) atoms. The third-order valence-corrected chi connectivity index (χ3v) is 6.80. The fraction of sp³-hybridized carbons (Fsp3) is 0.500. The van der Waals surface area contributed by atoms with Crippen molar-refractivity contribution in [3.63, 3.8) is 0 Å². The number of urea groups is 1. The van der Waals surface area contributed by atoms with Crippen molar-refractivity contribution in [2.75, 3.05) is 11.9 Å². The number of hydrogen-bond acceptors (Lipinski definition) is 5. The molecule has 7 nitrogen and oxygen atoms in total. The van der Waals surface area contributed by atoms with E-state index in [1.54, 1.807) is 0 Å². The number of aromatic nitrogens is 1. The SMILES string of the molecule is Cc1cc(C)c2nc(NC(=O)CN3C(=O)NC4(CCCCC4C)C3=O)sc2c1. The van der Waals surface area contributed by atoms with E-state index in [1.807, 2.05) is 32.9 Å². The van der Waals surface area contributed by atoms with E-state index >= 15 is 0 Å². The van der Waals surface area contributed by atoms with Crippen molar-refractivity contribution in [1.29, 1.82) is 0 Å². The number of nitrogens with zero attached hydrogens (tertiary/aromatic N) is 2. The van der Waals surface area contributed by atoms with Gasteiger partial charge in [0, 0.05) is 0 Å². The molecule has 148 valence electrons. The van der Waals surface area contributed by atoms with Gasteiger partial charge in [0.1, 0.15) is 12.1 Å². The van der Waals surface area contributed by atoms with Crippen LogP contribution in [0, 0.1) is 19.8 Å². The summed E-state index contributed by atoms with van der Waals surface area (Å²) < 4.78 is 0.998. The second-order valence-electron chi connectivity index (χ2n) is 7.94. The minimum absolute atomic E-state index is 0.0706. The average molecular weight is 401 g/mol. The number of amides is 4. The van der Waals surface area contributed by atoms with Crippen molar-refractivity contribution < 1.29 is 14.4 Å². The molecule has 2 fully saturated rings. The van der Waals surface area contributed by atoms with Gasteiger partial charge in [0.15, 0.2) is 5.13 Å². The van der Waals surface area contributed by atoms with E-state index in [9.17, 15) is 14.4 Å². The molecule has 1 aromatic carbocycles. The van der Waals surface area contributed by atoms with Crippen LogP contribution in [-0.4, -0.2) is 39.8 Å². The number of thiazole rings is 1. The number of hydrogen-bond donors (Lipinski definition) is 2. The number of fused-ring (bicyclic) bond motifs is 1. The molecule has 4 amide bonds. The minimum atomic E-state index is -0.847. The zero-order valence-electron chi connectivity index (χ0n) is 16.3. The molecule has 1 spiro atoms. The van der Waals surface area contributed by atoms with Gasteiger partial charge in [-0.15, -0.1) is 0 Å². The molecular weight excluding hydrogens is 376 g/mol. The average Bonchev–Trinajstić information content (AvgIpc) is 3.12. The molecule has 1 saturated carbocycles. The lowest BCUT2D eigenvalue weighted by Crippen LogP contribution is -2.54. The second-order valence-corrected chi connectivity index (χ2v) is 8.97. The first-order valence-electron chi connectivity index (χ1n) is 9.62. The van der Waals surface area contributed by atoms with Crippen molar-refractivity contribution in [3.05, 3.63) is 23.3 Å². The van der Waals surface area contributed by atoms with Crippen molar-refractivity contribution in [3.8, 4) is 0 Å². The summed E-state index contributed by atoms with van der Waals surface area (Å²) in [5.41, 5.74) is 2.20. The molecule has 2 N–H and O–H groups in total. The van der Waals surface area contributed by atoms with Crippen LogP contribution in [0.25, 0.3) is 10.2 Å². The van der Waals surface area contributed by atoms with Crippen LogP contribution in [0.5, 0.6) is 0 Å². The summed E-state index contributed by atoms with van der Waals surface area (Å²) in [7, 11) is 0. The smallest absolute Gasteiger partial charge is 0.323 e. The third kappa shape index (κ3) is 3.05. The summed E-state index contributed by atoms with van der Waals surface area (Å²) in [6.45, 7) is 5.70. The predicted octanol–water partition coefficient (Wildman–Crippen LogP) is 3.35. The van der Waals surface area contributed by atoms with Gasteiger partial charge in [0.2, 0.25) is 5.91 Å². The fourth-order valence-corrected chi connectivity index (χ4v) is 5.42. The predicted molar refractivity (Wildman–Crippen MR) is 108 cm³/mol. The van der Waals surface area contributed by atoms with Gasteiger partial charge in [-0.1, -0.05) is 37.2 Å². The van der Waals surface area contributed by atoms with E-state index in [4.69, 9.17) is 0 Å². The van der Waals surface area contributed by atoms with E-state index in [1.165, 1.54) is 11.3 Å². The zero-order chi connectivity index (χ0) is 20.1. The van der Waals surface area contributed by atoms with E-state index in [0.717, 1.165) is 45.5 Å². The first-order valence-corrected chi connectivity index (χ1v) is 10.4. The Morgan fingerprint density at radius 3 is 2.89 bits per heavy atom. The van der Waals surface area contributed by atoms with Gasteiger partial charge in [-0.3, -0.25) is 14.5 Å². The van der Waals surface area contributed by atoms with Gasteiger partial charge in [0.05, 0.1) is 10.2 Å². The molecule has 2 atom stereocenters. The van der Waals surface area contributed by atoms with Crippen LogP contribution in [0.4, 0.5) is 9.93 Å². The molecule has 1 aliphatic carbocycles. The highest BCUT2D eigenvalue weighted by molar-refractivity contribution is 7.22. The lowest BCUT2D eigenvalue weighted by atomic mass is 9.73. The van der Waals surface area contributed by atoms with Gasteiger partial charge in [-0.05, 0) is 49.8 Å². The maximum atomic E-state index is 13.0. The molecule has 2 aliphatic rings. The number of carbonyl (C=O) groups is 3. The Bertz CT molecular complexity index is 985. The van der Waals surface area contributed by atoms with Crippen LogP contribution in [-0.2, 0) is 9.59 Å². The highest BCUT2D eigenvalue weighted by Gasteiger charge is 2.55. The molecular formula is C20H24N4O3S. The van der Waals surface area contributed by atoms with Gasteiger partial charge in [-0.2, -0.15) is 0 Å². The van der Waals surface area contributed by atoms with Gasteiger partial charge >= 0.3 is 6.03 Å². The minimum Gasteiger partial charge on any atom is -0.323 e. The summed E-state index contributed by atoms with van der Waals surface area (Å²) >= 11 is 1.39. The summed E-state index contributed by atoms with van der Waals surface area (Å²) in [6, 6.07) is 3.59. The van der Waals surface area contributed by atoms with Crippen LogP contribution in [0.1, 0.15) is 43.7 Å². The summed E-state index contributed by atoms with van der Waals surface area (Å²) in [4.78, 5) is 43.4. The second kappa shape index (κ2) is 6.84. The van der Waals surface area contributed by atoms with E-state index in [-0.39, 0.29) is 18.4 Å². The van der Waals surface area contributed by atoms with E-state index in [2.05, 4.69) is 15.6 Å². The Morgan fingerprint density at radius 2 is 2.14 bits per heavy atom. The molecule has 8 heteroatoms. The van der Waals surface area contributed by atoms with Crippen LogP contribution in [0.15, 0.2) is 12.1 Å². The Kier molecular flexibility index (Phi) is 4.61. The highest BCUT2D eigenvalue weighted by Crippen LogP contribution is 2.38. The molecule has 2 heterocycles. The maximum Gasteiger partial charge on any atom is 0.325 e. The number of rotatable bonds is 3. The largest absolute Gasteiger partial charge is 0.325 e. The molecule has 2 unspecified atom stereocenters. The molecule has 0 radical (unpaired) electrons. The lowest BCUT2D eigenvalue weighted by molar-refractivity contribution is -0.136. The summed E-state index contributed by atoms with van der Waals surface area (Å²) in [5.74, 6) is -0.630. The molecule has 1 saturated heterocycles.